The van der Waals surface area contributed by atoms with Crippen LogP contribution in [0.1, 0.15) is 33.6 Å². The number of carbonyl (C=O) groups excluding carboxylic acids is 1. The summed E-state index contributed by atoms with van der Waals surface area (Å²) in [6.45, 7) is 6.04. The van der Waals surface area contributed by atoms with Crippen LogP contribution in [0.5, 0.6) is 0 Å². The Morgan fingerprint density at radius 2 is 2.11 bits per heavy atom. The fourth-order valence-corrected chi connectivity index (χ4v) is 2.28. The minimum atomic E-state index is -2.46. The van der Waals surface area contributed by atoms with Gasteiger partial charge in [0.1, 0.15) is 6.61 Å². The lowest BCUT2D eigenvalue weighted by Crippen LogP contribution is -2.39. The molecule has 6 heteroatoms. The number of carbonyl (C=O) groups is 1. The van der Waals surface area contributed by atoms with Crippen LogP contribution in [0.25, 0.3) is 0 Å². The number of nitrogens with one attached hydrogen (secondary N) is 1. The summed E-state index contributed by atoms with van der Waals surface area (Å²) in [6, 6.07) is -0.162. The van der Waals surface area contributed by atoms with Crippen LogP contribution in [0, 0.1) is 5.92 Å². The van der Waals surface area contributed by atoms with Crippen LogP contribution in [-0.4, -0.2) is 49.2 Å². The Labute approximate surface area is 113 Å². The molecule has 1 N–H and O–H groups in total. The molecule has 0 aromatic rings. The van der Waals surface area contributed by atoms with E-state index in [4.69, 9.17) is 4.74 Å². The maximum Gasteiger partial charge on any atom is 0.261 e. The maximum atomic E-state index is 12.3. The smallest absolute Gasteiger partial charge is 0.261 e. The van der Waals surface area contributed by atoms with Gasteiger partial charge in [-0.2, -0.15) is 0 Å². The highest BCUT2D eigenvalue weighted by atomic mass is 19.3. The van der Waals surface area contributed by atoms with Gasteiger partial charge < -0.3 is 9.64 Å². The van der Waals surface area contributed by atoms with Gasteiger partial charge in [-0.1, -0.05) is 27.2 Å². The standard InChI is InChI=1S/C13H24F2N2O2/c1-4-9(3)12-13(18)17(11(5-2)16-12)6-7-19-8-10(14)15/h9-12,16H,4-8H2,1-3H3. The minimum Gasteiger partial charge on any atom is -0.374 e. The molecule has 1 heterocycles. The molecule has 0 aromatic heterocycles. The van der Waals surface area contributed by atoms with Crippen molar-refractivity contribution in [3.8, 4) is 0 Å². The molecule has 1 saturated heterocycles. The number of nitrogens with zero attached hydrogens (tertiary/aromatic N) is 1. The van der Waals surface area contributed by atoms with Crippen molar-refractivity contribution in [3.05, 3.63) is 0 Å². The van der Waals surface area contributed by atoms with Crippen molar-refractivity contribution in [1.29, 1.82) is 0 Å². The number of ether oxygens (including phenoxy) is 1. The quantitative estimate of drug-likeness (QED) is 0.689. The Bertz CT molecular complexity index is 290. The average molecular weight is 278 g/mol. The summed E-state index contributed by atoms with van der Waals surface area (Å²) in [7, 11) is 0. The Morgan fingerprint density at radius 1 is 1.42 bits per heavy atom. The van der Waals surface area contributed by atoms with Gasteiger partial charge in [-0.15, -0.1) is 0 Å². The highest BCUT2D eigenvalue weighted by molar-refractivity contribution is 5.84. The van der Waals surface area contributed by atoms with Crippen LogP contribution in [0.4, 0.5) is 8.78 Å². The number of amides is 1. The topological polar surface area (TPSA) is 41.6 Å². The summed E-state index contributed by atoms with van der Waals surface area (Å²) in [5, 5.41) is 3.31. The van der Waals surface area contributed by atoms with E-state index < -0.39 is 13.0 Å². The van der Waals surface area contributed by atoms with Crippen LogP contribution < -0.4 is 5.32 Å². The molecule has 0 spiro atoms. The molecule has 0 bridgehead atoms. The second-order valence-electron chi connectivity index (χ2n) is 4.95. The number of alkyl halides is 2. The SMILES string of the molecule is CCC(C)C1NC(CC)N(CCOCC(F)F)C1=O. The van der Waals surface area contributed by atoms with Gasteiger partial charge >= 0.3 is 0 Å². The molecule has 0 aromatic carbocycles. The normalized spacial score (nSPS) is 25.4. The summed E-state index contributed by atoms with van der Waals surface area (Å²) >= 11 is 0. The monoisotopic (exact) mass is 278 g/mol. The molecule has 1 aliphatic heterocycles. The highest BCUT2D eigenvalue weighted by Gasteiger charge is 2.39. The molecular formula is C13H24F2N2O2. The minimum absolute atomic E-state index is 0.0124. The number of rotatable bonds is 8. The zero-order valence-electron chi connectivity index (χ0n) is 11.9. The van der Waals surface area contributed by atoms with E-state index in [0.29, 0.717) is 6.54 Å². The van der Waals surface area contributed by atoms with E-state index in [0.717, 1.165) is 12.8 Å². The molecule has 4 nitrogen and oxygen atoms in total. The van der Waals surface area contributed by atoms with Gasteiger partial charge in [0.25, 0.3) is 6.43 Å². The molecule has 1 rings (SSSR count). The van der Waals surface area contributed by atoms with E-state index in [1.165, 1.54) is 0 Å². The van der Waals surface area contributed by atoms with Gasteiger partial charge in [0.15, 0.2) is 0 Å². The van der Waals surface area contributed by atoms with Crippen molar-refractivity contribution in [1.82, 2.24) is 10.2 Å². The van der Waals surface area contributed by atoms with E-state index in [-0.39, 0.29) is 30.6 Å². The Kier molecular flexibility index (Phi) is 6.65. The molecule has 3 atom stereocenters. The lowest BCUT2D eigenvalue weighted by atomic mass is 9.99. The number of halogens is 2. The molecule has 0 aliphatic carbocycles. The van der Waals surface area contributed by atoms with E-state index in [9.17, 15) is 13.6 Å². The first-order chi connectivity index (χ1) is 9.01. The molecule has 1 fully saturated rings. The second kappa shape index (κ2) is 7.75. The van der Waals surface area contributed by atoms with E-state index in [1.807, 2.05) is 13.8 Å². The van der Waals surface area contributed by atoms with Crippen LogP contribution in [-0.2, 0) is 9.53 Å². The van der Waals surface area contributed by atoms with E-state index in [2.05, 4.69) is 12.2 Å². The highest BCUT2D eigenvalue weighted by Crippen LogP contribution is 2.20. The second-order valence-corrected chi connectivity index (χ2v) is 4.95. The van der Waals surface area contributed by atoms with Crippen LogP contribution in [0.15, 0.2) is 0 Å². The third-order valence-electron chi connectivity index (χ3n) is 3.62. The van der Waals surface area contributed by atoms with Gasteiger partial charge in [-0.05, 0) is 12.3 Å². The molecule has 1 aliphatic rings. The molecule has 112 valence electrons. The first kappa shape index (κ1) is 16.3. The predicted octanol–water partition coefficient (Wildman–Crippen LogP) is 1.85. The summed E-state index contributed by atoms with van der Waals surface area (Å²) in [4.78, 5) is 14.0. The summed E-state index contributed by atoms with van der Waals surface area (Å²) < 4.78 is 28.7. The fourth-order valence-electron chi connectivity index (χ4n) is 2.28. The number of hydrogen-bond donors (Lipinski definition) is 1. The first-order valence-electron chi connectivity index (χ1n) is 6.93. The zero-order chi connectivity index (χ0) is 14.4. The molecule has 0 radical (unpaired) electrons. The van der Waals surface area contributed by atoms with Gasteiger partial charge in [-0.25, -0.2) is 8.78 Å². The van der Waals surface area contributed by atoms with Crippen molar-refractivity contribution in [2.24, 2.45) is 5.92 Å². The van der Waals surface area contributed by atoms with Crippen molar-refractivity contribution >= 4 is 5.91 Å². The molecular weight excluding hydrogens is 254 g/mol. The summed E-state index contributed by atoms with van der Waals surface area (Å²) in [5.74, 6) is 0.329. The molecule has 1 amide bonds. The Hall–Kier alpha value is -0.750. The lowest BCUT2D eigenvalue weighted by Gasteiger charge is -2.22. The van der Waals surface area contributed by atoms with E-state index >= 15 is 0 Å². The van der Waals surface area contributed by atoms with Crippen molar-refractivity contribution < 1.29 is 18.3 Å². The molecule has 3 unspecified atom stereocenters. The van der Waals surface area contributed by atoms with Crippen molar-refractivity contribution in [2.75, 3.05) is 19.8 Å². The third-order valence-corrected chi connectivity index (χ3v) is 3.62. The van der Waals surface area contributed by atoms with Crippen molar-refractivity contribution in [3.63, 3.8) is 0 Å². The van der Waals surface area contributed by atoms with Gasteiger partial charge in [0.05, 0.1) is 18.8 Å². The van der Waals surface area contributed by atoms with Gasteiger partial charge in [0, 0.05) is 6.54 Å². The van der Waals surface area contributed by atoms with Crippen molar-refractivity contribution in [2.45, 2.75) is 52.2 Å². The first-order valence-corrected chi connectivity index (χ1v) is 6.93. The van der Waals surface area contributed by atoms with Gasteiger partial charge in [-0.3, -0.25) is 10.1 Å². The van der Waals surface area contributed by atoms with Crippen LogP contribution in [0.2, 0.25) is 0 Å². The summed E-state index contributed by atoms with van der Waals surface area (Å²) in [6.07, 6.45) is -0.743. The summed E-state index contributed by atoms with van der Waals surface area (Å²) in [5.41, 5.74) is 0. The predicted molar refractivity (Wildman–Crippen MR) is 69.0 cm³/mol. The maximum absolute atomic E-state index is 12.3. The van der Waals surface area contributed by atoms with E-state index in [1.54, 1.807) is 4.90 Å². The largest absolute Gasteiger partial charge is 0.374 e. The van der Waals surface area contributed by atoms with Crippen LogP contribution >= 0.6 is 0 Å². The lowest BCUT2D eigenvalue weighted by molar-refractivity contribution is -0.131. The molecule has 19 heavy (non-hydrogen) atoms. The number of hydrogen-bond acceptors (Lipinski definition) is 3. The molecule has 0 saturated carbocycles. The van der Waals surface area contributed by atoms with Gasteiger partial charge in [0.2, 0.25) is 5.91 Å². The Balaban J connectivity index is 2.48. The Morgan fingerprint density at radius 3 is 2.63 bits per heavy atom. The zero-order valence-corrected chi connectivity index (χ0v) is 11.9. The van der Waals surface area contributed by atoms with Crippen LogP contribution in [0.3, 0.4) is 0 Å². The third kappa shape index (κ3) is 4.38. The fraction of sp³-hybridized carbons (Fsp3) is 0.923. The average Bonchev–Trinajstić information content (AvgIpc) is 2.70.